The normalized spacial score (nSPS) is 20.5. The molecule has 1 N–H and O–H groups in total. The van der Waals surface area contributed by atoms with Crippen LogP contribution in [0.25, 0.3) is 6.08 Å². The van der Waals surface area contributed by atoms with Gasteiger partial charge >= 0.3 is 5.97 Å². The van der Waals surface area contributed by atoms with Gasteiger partial charge in [0.1, 0.15) is 0 Å². The van der Waals surface area contributed by atoms with Gasteiger partial charge in [-0.05, 0) is 23.9 Å². The Kier molecular flexibility index (Phi) is 5.13. The zero-order chi connectivity index (χ0) is 15.3. The number of carbonyl (C=O) groups is 2. The summed E-state index contributed by atoms with van der Waals surface area (Å²) >= 11 is 1.48. The molecule has 2 heterocycles. The molecule has 1 aromatic rings. The molecular weight excluding hydrogens is 314 g/mol. The zero-order valence-electron chi connectivity index (χ0n) is 11.2. The Balaban J connectivity index is 1.70. The summed E-state index contributed by atoms with van der Waals surface area (Å²) in [6, 6.07) is 3.32. The van der Waals surface area contributed by atoms with E-state index in [4.69, 9.17) is 4.74 Å². The molecule has 0 spiro atoms. The van der Waals surface area contributed by atoms with Gasteiger partial charge in [0.25, 0.3) is 5.91 Å². The highest BCUT2D eigenvalue weighted by molar-refractivity contribution is 7.91. The molecule has 1 aliphatic rings. The first-order chi connectivity index (χ1) is 9.94. The van der Waals surface area contributed by atoms with E-state index in [9.17, 15) is 18.0 Å². The van der Waals surface area contributed by atoms with E-state index in [2.05, 4.69) is 5.32 Å². The predicted molar refractivity (Wildman–Crippen MR) is 79.5 cm³/mol. The van der Waals surface area contributed by atoms with Crippen molar-refractivity contribution in [1.82, 2.24) is 5.32 Å². The second-order valence-electron chi connectivity index (χ2n) is 4.62. The van der Waals surface area contributed by atoms with Gasteiger partial charge in [0.15, 0.2) is 16.4 Å². The lowest BCUT2D eigenvalue weighted by atomic mass is 10.2. The van der Waals surface area contributed by atoms with Crippen LogP contribution in [0.5, 0.6) is 0 Å². The number of carbonyl (C=O) groups excluding carboxylic acids is 2. The molecule has 0 saturated carbocycles. The van der Waals surface area contributed by atoms with Gasteiger partial charge in [-0.15, -0.1) is 11.3 Å². The van der Waals surface area contributed by atoms with Gasteiger partial charge in [-0.1, -0.05) is 6.07 Å². The summed E-state index contributed by atoms with van der Waals surface area (Å²) in [5, 5.41) is 4.43. The molecule has 8 heteroatoms. The Bertz CT molecular complexity index is 634. The smallest absolute Gasteiger partial charge is 0.331 e. The van der Waals surface area contributed by atoms with Crippen molar-refractivity contribution in [3.05, 3.63) is 28.5 Å². The number of esters is 1. The van der Waals surface area contributed by atoms with Crippen LogP contribution >= 0.6 is 11.3 Å². The standard InChI is InChI=1S/C13H15NO5S2/c15-12(14-10-5-7-21(17,18)9-10)8-19-13(16)4-3-11-2-1-6-20-11/h1-4,6,10H,5,7-9H2,(H,14,15)/b4-3+/t10-/m1/s1. The minimum Gasteiger partial charge on any atom is -0.452 e. The number of ether oxygens (including phenoxy) is 1. The molecule has 114 valence electrons. The van der Waals surface area contributed by atoms with Crippen LogP contribution in [0.4, 0.5) is 0 Å². The molecule has 1 saturated heterocycles. The van der Waals surface area contributed by atoms with Gasteiger partial charge in [-0.25, -0.2) is 13.2 Å². The monoisotopic (exact) mass is 329 g/mol. The molecule has 1 fully saturated rings. The lowest BCUT2D eigenvalue weighted by Crippen LogP contribution is -2.38. The molecule has 1 aliphatic heterocycles. The van der Waals surface area contributed by atoms with Gasteiger partial charge in [0.2, 0.25) is 0 Å². The summed E-state index contributed by atoms with van der Waals surface area (Å²) < 4.78 is 27.3. The van der Waals surface area contributed by atoms with Crippen LogP contribution in [-0.2, 0) is 24.2 Å². The van der Waals surface area contributed by atoms with Crippen molar-refractivity contribution in [2.24, 2.45) is 0 Å². The van der Waals surface area contributed by atoms with E-state index in [1.54, 1.807) is 6.08 Å². The van der Waals surface area contributed by atoms with Gasteiger partial charge in [0, 0.05) is 17.0 Å². The molecule has 1 aromatic heterocycles. The van der Waals surface area contributed by atoms with Crippen LogP contribution in [0.1, 0.15) is 11.3 Å². The molecule has 0 aromatic carbocycles. The summed E-state index contributed by atoms with van der Waals surface area (Å²) in [7, 11) is -3.04. The summed E-state index contributed by atoms with van der Waals surface area (Å²) in [4.78, 5) is 23.9. The number of sulfone groups is 1. The highest BCUT2D eigenvalue weighted by Crippen LogP contribution is 2.11. The number of amides is 1. The van der Waals surface area contributed by atoms with Crippen LogP contribution in [-0.4, -0.2) is 44.4 Å². The van der Waals surface area contributed by atoms with Crippen molar-refractivity contribution in [2.45, 2.75) is 12.5 Å². The Labute approximate surface area is 126 Å². The van der Waals surface area contributed by atoms with E-state index in [0.29, 0.717) is 6.42 Å². The van der Waals surface area contributed by atoms with E-state index in [0.717, 1.165) is 4.88 Å². The average Bonchev–Trinajstić information content (AvgIpc) is 3.03. The molecule has 6 nitrogen and oxygen atoms in total. The fraction of sp³-hybridized carbons (Fsp3) is 0.385. The third kappa shape index (κ3) is 5.31. The Morgan fingerprint density at radius 2 is 2.29 bits per heavy atom. The second-order valence-corrected chi connectivity index (χ2v) is 7.83. The molecule has 0 aliphatic carbocycles. The first kappa shape index (κ1) is 15.7. The molecule has 0 bridgehead atoms. The van der Waals surface area contributed by atoms with E-state index >= 15 is 0 Å². The van der Waals surface area contributed by atoms with Crippen molar-refractivity contribution < 1.29 is 22.7 Å². The summed E-state index contributed by atoms with van der Waals surface area (Å²) in [5.41, 5.74) is 0. The van der Waals surface area contributed by atoms with Crippen molar-refractivity contribution in [2.75, 3.05) is 18.1 Å². The third-order valence-electron chi connectivity index (χ3n) is 2.87. The fourth-order valence-electron chi connectivity index (χ4n) is 1.90. The quantitative estimate of drug-likeness (QED) is 0.631. The number of hydrogen-bond acceptors (Lipinski definition) is 6. The van der Waals surface area contributed by atoms with Gasteiger partial charge in [-0.3, -0.25) is 4.79 Å². The Morgan fingerprint density at radius 1 is 1.48 bits per heavy atom. The Morgan fingerprint density at radius 3 is 2.90 bits per heavy atom. The minimum atomic E-state index is -3.04. The number of nitrogens with one attached hydrogen (secondary N) is 1. The van der Waals surface area contributed by atoms with Crippen LogP contribution < -0.4 is 5.32 Å². The maximum absolute atomic E-state index is 11.5. The molecule has 21 heavy (non-hydrogen) atoms. The maximum Gasteiger partial charge on any atom is 0.331 e. The van der Waals surface area contributed by atoms with Crippen molar-refractivity contribution in [1.29, 1.82) is 0 Å². The van der Waals surface area contributed by atoms with E-state index in [1.807, 2.05) is 17.5 Å². The van der Waals surface area contributed by atoms with Crippen molar-refractivity contribution in [3.8, 4) is 0 Å². The number of thiophene rings is 1. The largest absolute Gasteiger partial charge is 0.452 e. The van der Waals surface area contributed by atoms with Crippen molar-refractivity contribution in [3.63, 3.8) is 0 Å². The molecule has 0 radical (unpaired) electrons. The van der Waals surface area contributed by atoms with Gasteiger partial charge in [-0.2, -0.15) is 0 Å². The first-order valence-corrected chi connectivity index (χ1v) is 9.03. The van der Waals surface area contributed by atoms with Crippen LogP contribution in [0.2, 0.25) is 0 Å². The summed E-state index contributed by atoms with van der Waals surface area (Å²) in [6.45, 7) is -0.413. The minimum absolute atomic E-state index is 0.0506. The molecule has 1 amide bonds. The SMILES string of the molecule is O=C(COC(=O)/C=C/c1cccs1)N[C@@H]1CCS(=O)(=O)C1. The van der Waals surface area contributed by atoms with Crippen LogP contribution in [0, 0.1) is 0 Å². The molecular formula is C13H15NO5S2. The lowest BCUT2D eigenvalue weighted by Gasteiger charge is -2.10. The highest BCUT2D eigenvalue weighted by Gasteiger charge is 2.28. The van der Waals surface area contributed by atoms with E-state index < -0.39 is 28.3 Å². The van der Waals surface area contributed by atoms with Gasteiger partial charge in [0.05, 0.1) is 11.5 Å². The molecule has 0 unspecified atom stereocenters. The number of rotatable bonds is 5. The average molecular weight is 329 g/mol. The molecule has 2 rings (SSSR count). The zero-order valence-corrected chi connectivity index (χ0v) is 12.8. The lowest BCUT2D eigenvalue weighted by molar-refractivity contribution is -0.143. The summed E-state index contributed by atoms with van der Waals surface area (Å²) in [6.07, 6.45) is 3.26. The van der Waals surface area contributed by atoms with Crippen LogP contribution in [0.3, 0.4) is 0 Å². The third-order valence-corrected chi connectivity index (χ3v) is 5.48. The second kappa shape index (κ2) is 6.86. The maximum atomic E-state index is 11.5. The van der Waals surface area contributed by atoms with Gasteiger partial charge < -0.3 is 10.1 Å². The Hall–Kier alpha value is -1.67. The number of hydrogen-bond donors (Lipinski definition) is 1. The molecule has 1 atom stereocenters. The van der Waals surface area contributed by atoms with E-state index in [-0.39, 0.29) is 17.5 Å². The fourth-order valence-corrected chi connectivity index (χ4v) is 4.19. The summed E-state index contributed by atoms with van der Waals surface area (Å²) in [5.74, 6) is -1.07. The topological polar surface area (TPSA) is 89.5 Å². The highest BCUT2D eigenvalue weighted by atomic mass is 32.2. The predicted octanol–water partition coefficient (Wildman–Crippen LogP) is 0.608. The van der Waals surface area contributed by atoms with Crippen molar-refractivity contribution >= 4 is 39.1 Å². The van der Waals surface area contributed by atoms with Crippen LogP contribution in [0.15, 0.2) is 23.6 Å². The first-order valence-electron chi connectivity index (χ1n) is 6.33. The van der Waals surface area contributed by atoms with E-state index in [1.165, 1.54) is 17.4 Å².